The van der Waals surface area contributed by atoms with Crippen LogP contribution >= 0.6 is 11.3 Å². The van der Waals surface area contributed by atoms with Crippen molar-refractivity contribution in [1.82, 2.24) is 10.4 Å². The summed E-state index contributed by atoms with van der Waals surface area (Å²) in [5, 5.41) is 4.28. The summed E-state index contributed by atoms with van der Waals surface area (Å²) in [6.45, 7) is 0. The summed E-state index contributed by atoms with van der Waals surface area (Å²) in [5.41, 5.74) is 4.36. The van der Waals surface area contributed by atoms with Crippen molar-refractivity contribution >= 4 is 28.1 Å². The highest BCUT2D eigenvalue weighted by molar-refractivity contribution is 7.13. The van der Waals surface area contributed by atoms with Crippen LogP contribution in [-0.2, 0) is 0 Å². The van der Waals surface area contributed by atoms with E-state index in [1.54, 1.807) is 23.3 Å². The fourth-order valence-corrected chi connectivity index (χ4v) is 2.50. The number of nitrogens with zero attached hydrogens (tertiary/aromatic N) is 2. The molecule has 1 N–H and O–H groups in total. The summed E-state index contributed by atoms with van der Waals surface area (Å²) in [7, 11) is 0. The van der Waals surface area contributed by atoms with Crippen LogP contribution < -0.4 is 10.4 Å². The van der Waals surface area contributed by atoms with Crippen molar-refractivity contribution in [3.63, 3.8) is 0 Å². The zero-order chi connectivity index (χ0) is 14.5. The number of hydrogen-bond donors (Lipinski definition) is 1. The van der Waals surface area contributed by atoms with Crippen LogP contribution in [-0.4, -0.2) is 10.9 Å². The maximum absolute atomic E-state index is 12.3. The molecule has 0 unspecified atom stereocenters. The molecule has 0 saturated heterocycles. The second-order valence-corrected chi connectivity index (χ2v) is 5.17. The van der Waals surface area contributed by atoms with Crippen LogP contribution in [0.3, 0.4) is 0 Å². The number of carbonyl (C=O) groups excluding carboxylic acids is 1. The lowest BCUT2D eigenvalue weighted by Crippen LogP contribution is -2.38. The monoisotopic (exact) mass is 295 g/mol. The molecule has 0 spiro atoms. The van der Waals surface area contributed by atoms with E-state index >= 15 is 0 Å². The predicted molar refractivity (Wildman–Crippen MR) is 84.6 cm³/mol. The third kappa shape index (κ3) is 3.09. The van der Waals surface area contributed by atoms with Gasteiger partial charge in [0.05, 0.1) is 5.69 Å². The van der Waals surface area contributed by atoms with E-state index in [-0.39, 0.29) is 5.91 Å². The number of hydrogen-bond acceptors (Lipinski definition) is 4. The Labute approximate surface area is 126 Å². The molecule has 1 amide bonds. The van der Waals surface area contributed by atoms with Gasteiger partial charge in [0.1, 0.15) is 0 Å². The highest BCUT2D eigenvalue weighted by Gasteiger charge is 2.15. The Balaban J connectivity index is 1.89. The van der Waals surface area contributed by atoms with Crippen LogP contribution in [0.4, 0.5) is 10.8 Å². The van der Waals surface area contributed by atoms with Gasteiger partial charge in [0.15, 0.2) is 0 Å². The van der Waals surface area contributed by atoms with Gasteiger partial charge in [-0.1, -0.05) is 36.4 Å². The average molecular weight is 295 g/mol. The molecule has 3 aromatic rings. The number of rotatable bonds is 4. The number of nitrogens with one attached hydrogen (secondary N) is 1. The fourth-order valence-electron chi connectivity index (χ4n) is 1.88. The molecular weight excluding hydrogens is 282 g/mol. The lowest BCUT2D eigenvalue weighted by Gasteiger charge is -2.22. The lowest BCUT2D eigenvalue weighted by molar-refractivity contribution is 0.0953. The van der Waals surface area contributed by atoms with Crippen LogP contribution in [0.1, 0.15) is 10.4 Å². The van der Waals surface area contributed by atoms with E-state index < -0.39 is 0 Å². The van der Waals surface area contributed by atoms with Crippen molar-refractivity contribution in [2.24, 2.45) is 0 Å². The summed E-state index contributed by atoms with van der Waals surface area (Å²) >= 11 is 1.46. The first-order valence-corrected chi connectivity index (χ1v) is 7.33. The molecule has 1 aromatic heterocycles. The van der Waals surface area contributed by atoms with Gasteiger partial charge in [-0.15, -0.1) is 11.3 Å². The van der Waals surface area contributed by atoms with Crippen LogP contribution in [0.15, 0.2) is 72.2 Å². The number of thiazole rings is 1. The number of benzene rings is 2. The molecule has 104 valence electrons. The molecule has 0 fully saturated rings. The van der Waals surface area contributed by atoms with Crippen molar-refractivity contribution < 1.29 is 4.79 Å². The van der Waals surface area contributed by atoms with Crippen LogP contribution in [0, 0.1) is 0 Å². The molecule has 5 heteroatoms. The predicted octanol–water partition coefficient (Wildman–Crippen LogP) is 3.63. The van der Waals surface area contributed by atoms with E-state index in [0.717, 1.165) is 5.69 Å². The van der Waals surface area contributed by atoms with Crippen LogP contribution in [0.5, 0.6) is 0 Å². The first kappa shape index (κ1) is 13.3. The fraction of sp³-hybridized carbons (Fsp3) is 0. The molecule has 0 aliphatic rings. The first-order valence-electron chi connectivity index (χ1n) is 6.45. The molecule has 2 aromatic carbocycles. The Morgan fingerprint density at radius 1 is 1.00 bits per heavy atom. The van der Waals surface area contributed by atoms with Gasteiger partial charge in [0, 0.05) is 17.1 Å². The van der Waals surface area contributed by atoms with Gasteiger partial charge < -0.3 is 0 Å². The maximum atomic E-state index is 12.3. The third-order valence-corrected chi connectivity index (χ3v) is 3.63. The molecular formula is C16H13N3OS. The minimum Gasteiger partial charge on any atom is -0.267 e. The van der Waals surface area contributed by atoms with E-state index in [1.807, 2.05) is 53.9 Å². The second kappa shape index (κ2) is 6.19. The number of hydrazine groups is 1. The zero-order valence-corrected chi connectivity index (χ0v) is 12.0. The quantitative estimate of drug-likeness (QED) is 0.748. The van der Waals surface area contributed by atoms with Crippen molar-refractivity contribution in [2.75, 3.05) is 5.01 Å². The Morgan fingerprint density at radius 2 is 1.67 bits per heavy atom. The Morgan fingerprint density at radius 3 is 2.29 bits per heavy atom. The van der Waals surface area contributed by atoms with Gasteiger partial charge in [-0.25, -0.2) is 9.99 Å². The lowest BCUT2D eigenvalue weighted by atomic mass is 10.2. The molecule has 0 radical (unpaired) electrons. The smallest absolute Gasteiger partial charge is 0.267 e. The van der Waals surface area contributed by atoms with Crippen molar-refractivity contribution in [2.45, 2.75) is 0 Å². The molecule has 4 nitrogen and oxygen atoms in total. The van der Waals surface area contributed by atoms with Gasteiger partial charge in [0.2, 0.25) is 5.13 Å². The highest BCUT2D eigenvalue weighted by Crippen LogP contribution is 2.24. The number of aromatic nitrogens is 1. The van der Waals surface area contributed by atoms with Crippen molar-refractivity contribution in [3.8, 4) is 0 Å². The summed E-state index contributed by atoms with van der Waals surface area (Å²) in [6, 6.07) is 18.7. The molecule has 21 heavy (non-hydrogen) atoms. The SMILES string of the molecule is O=C(NN(c1ccccc1)c1nccs1)c1ccccc1. The average Bonchev–Trinajstić information content (AvgIpc) is 3.08. The Hall–Kier alpha value is -2.66. The van der Waals surface area contributed by atoms with Crippen LogP contribution in [0.2, 0.25) is 0 Å². The van der Waals surface area contributed by atoms with E-state index in [1.165, 1.54) is 11.3 Å². The molecule has 0 aliphatic heterocycles. The molecule has 3 rings (SSSR count). The molecule has 0 atom stereocenters. The Bertz CT molecular complexity index is 699. The largest absolute Gasteiger partial charge is 0.270 e. The summed E-state index contributed by atoms with van der Waals surface area (Å²) < 4.78 is 0. The van der Waals surface area contributed by atoms with Crippen molar-refractivity contribution in [3.05, 3.63) is 77.8 Å². The molecule has 0 bridgehead atoms. The third-order valence-electron chi connectivity index (χ3n) is 2.87. The Kier molecular flexibility index (Phi) is 3.93. The minimum atomic E-state index is -0.172. The molecule has 1 heterocycles. The topological polar surface area (TPSA) is 45.2 Å². The van der Waals surface area contributed by atoms with E-state index in [2.05, 4.69) is 10.4 Å². The maximum Gasteiger partial charge on any atom is 0.270 e. The number of carbonyl (C=O) groups is 1. The summed E-state index contributed by atoms with van der Waals surface area (Å²) in [4.78, 5) is 16.6. The molecule has 0 aliphatic carbocycles. The summed E-state index contributed by atoms with van der Waals surface area (Å²) in [5.74, 6) is -0.172. The normalized spacial score (nSPS) is 10.1. The van der Waals surface area contributed by atoms with Gasteiger partial charge in [0.25, 0.3) is 5.91 Å². The van der Waals surface area contributed by atoms with Gasteiger partial charge >= 0.3 is 0 Å². The molecule has 0 saturated carbocycles. The van der Waals surface area contributed by atoms with E-state index in [4.69, 9.17) is 0 Å². The van der Waals surface area contributed by atoms with E-state index in [9.17, 15) is 4.79 Å². The second-order valence-electron chi connectivity index (χ2n) is 4.29. The minimum absolute atomic E-state index is 0.172. The van der Waals surface area contributed by atoms with Crippen molar-refractivity contribution in [1.29, 1.82) is 0 Å². The number of amides is 1. The zero-order valence-electron chi connectivity index (χ0n) is 11.1. The van der Waals surface area contributed by atoms with E-state index in [0.29, 0.717) is 10.7 Å². The van der Waals surface area contributed by atoms with Gasteiger partial charge in [-0.05, 0) is 24.3 Å². The number of para-hydroxylation sites is 1. The van der Waals surface area contributed by atoms with Crippen LogP contribution in [0.25, 0.3) is 0 Å². The van der Waals surface area contributed by atoms with Gasteiger partial charge in [-0.2, -0.15) is 0 Å². The number of anilines is 2. The first-order chi connectivity index (χ1) is 10.3. The summed E-state index contributed by atoms with van der Waals surface area (Å²) in [6.07, 6.45) is 1.71. The standard InChI is InChI=1S/C16H13N3OS/c20-15(13-7-3-1-4-8-13)18-19(16-17-11-12-21-16)14-9-5-2-6-10-14/h1-12H,(H,18,20). The highest BCUT2D eigenvalue weighted by atomic mass is 32.1. The van der Waals surface area contributed by atoms with Gasteiger partial charge in [-0.3, -0.25) is 10.2 Å².